The standard InChI is InChI=1S/C15H23N/c1-4-15(12-16(2)3)10-9-13-7-5-6-8-14(13)11-15/h5-8H,4,9-12H2,1-3H3. The van der Waals surface area contributed by atoms with Gasteiger partial charge in [-0.15, -0.1) is 0 Å². The maximum absolute atomic E-state index is 2.34. The molecule has 1 nitrogen and oxygen atoms in total. The molecular formula is C15H23N. The van der Waals surface area contributed by atoms with Gasteiger partial charge in [-0.25, -0.2) is 0 Å². The van der Waals surface area contributed by atoms with Crippen LogP contribution in [0.4, 0.5) is 0 Å². The molecule has 0 amide bonds. The van der Waals surface area contributed by atoms with Crippen molar-refractivity contribution < 1.29 is 0 Å². The van der Waals surface area contributed by atoms with Crippen LogP contribution in [0.3, 0.4) is 0 Å². The van der Waals surface area contributed by atoms with Crippen LogP contribution in [-0.4, -0.2) is 25.5 Å². The minimum Gasteiger partial charge on any atom is -0.309 e. The van der Waals surface area contributed by atoms with E-state index in [2.05, 4.69) is 50.2 Å². The van der Waals surface area contributed by atoms with Crippen LogP contribution >= 0.6 is 0 Å². The van der Waals surface area contributed by atoms with Gasteiger partial charge in [0.15, 0.2) is 0 Å². The highest BCUT2D eigenvalue weighted by Gasteiger charge is 2.32. The predicted molar refractivity (Wildman–Crippen MR) is 69.7 cm³/mol. The Morgan fingerprint density at radius 2 is 1.88 bits per heavy atom. The van der Waals surface area contributed by atoms with E-state index >= 15 is 0 Å². The summed E-state index contributed by atoms with van der Waals surface area (Å²) in [4.78, 5) is 2.34. The van der Waals surface area contributed by atoms with Crippen molar-refractivity contribution in [1.82, 2.24) is 4.90 Å². The Hall–Kier alpha value is -0.820. The minimum atomic E-state index is 0.512. The van der Waals surface area contributed by atoms with Gasteiger partial charge >= 0.3 is 0 Å². The molecule has 0 aliphatic heterocycles. The van der Waals surface area contributed by atoms with E-state index in [-0.39, 0.29) is 0 Å². The van der Waals surface area contributed by atoms with Gasteiger partial charge in [0.1, 0.15) is 0 Å². The molecule has 1 atom stereocenters. The van der Waals surface area contributed by atoms with Gasteiger partial charge in [0.2, 0.25) is 0 Å². The number of aryl methyl sites for hydroxylation is 1. The van der Waals surface area contributed by atoms with Gasteiger partial charge < -0.3 is 4.90 Å². The molecule has 0 aromatic heterocycles. The zero-order valence-electron chi connectivity index (χ0n) is 10.8. The van der Waals surface area contributed by atoms with Crippen LogP contribution in [0.15, 0.2) is 24.3 Å². The summed E-state index contributed by atoms with van der Waals surface area (Å²) >= 11 is 0. The summed E-state index contributed by atoms with van der Waals surface area (Å²) in [5.74, 6) is 0. The third kappa shape index (κ3) is 2.30. The van der Waals surface area contributed by atoms with Crippen LogP contribution in [0.5, 0.6) is 0 Å². The fourth-order valence-corrected chi connectivity index (χ4v) is 3.09. The van der Waals surface area contributed by atoms with Crippen LogP contribution in [-0.2, 0) is 12.8 Å². The SMILES string of the molecule is CCC1(CN(C)C)CCc2ccccc2C1. The van der Waals surface area contributed by atoms with Crippen LogP contribution in [0.2, 0.25) is 0 Å². The molecule has 0 saturated carbocycles. The Morgan fingerprint density at radius 3 is 2.50 bits per heavy atom. The summed E-state index contributed by atoms with van der Waals surface area (Å²) in [5, 5.41) is 0. The zero-order chi connectivity index (χ0) is 11.6. The fourth-order valence-electron chi connectivity index (χ4n) is 3.09. The predicted octanol–water partition coefficient (Wildman–Crippen LogP) is 3.13. The molecule has 88 valence electrons. The van der Waals surface area contributed by atoms with Crippen molar-refractivity contribution in [1.29, 1.82) is 0 Å². The highest BCUT2D eigenvalue weighted by atomic mass is 15.1. The second-order valence-corrected chi connectivity index (χ2v) is 5.54. The zero-order valence-corrected chi connectivity index (χ0v) is 10.8. The number of hydrogen-bond donors (Lipinski definition) is 0. The average Bonchev–Trinajstić information content (AvgIpc) is 2.28. The monoisotopic (exact) mass is 217 g/mol. The maximum Gasteiger partial charge on any atom is 0.00351 e. The number of nitrogens with zero attached hydrogens (tertiary/aromatic N) is 1. The first-order valence-corrected chi connectivity index (χ1v) is 6.37. The Bertz CT molecular complexity index is 356. The van der Waals surface area contributed by atoms with E-state index in [0.717, 1.165) is 0 Å². The normalized spacial score (nSPS) is 24.5. The maximum atomic E-state index is 2.34. The largest absolute Gasteiger partial charge is 0.309 e. The lowest BCUT2D eigenvalue weighted by molar-refractivity contribution is 0.163. The molecule has 1 unspecified atom stereocenters. The van der Waals surface area contributed by atoms with Gasteiger partial charge in [-0.2, -0.15) is 0 Å². The number of fused-ring (bicyclic) bond motifs is 1. The van der Waals surface area contributed by atoms with E-state index in [1.807, 2.05) is 0 Å². The molecule has 1 aromatic carbocycles. The van der Waals surface area contributed by atoms with Crippen LogP contribution in [0, 0.1) is 5.41 Å². The number of hydrogen-bond acceptors (Lipinski definition) is 1. The summed E-state index contributed by atoms with van der Waals surface area (Å²) in [6.07, 6.45) is 5.16. The van der Waals surface area contributed by atoms with Crippen molar-refractivity contribution in [3.8, 4) is 0 Å². The lowest BCUT2D eigenvalue weighted by Crippen LogP contribution is -2.38. The summed E-state index contributed by atoms with van der Waals surface area (Å²) in [6.45, 7) is 3.56. The molecule has 1 aliphatic rings. The van der Waals surface area contributed by atoms with E-state index in [1.165, 1.54) is 32.2 Å². The van der Waals surface area contributed by atoms with Crippen LogP contribution < -0.4 is 0 Å². The molecule has 0 radical (unpaired) electrons. The lowest BCUT2D eigenvalue weighted by Gasteiger charge is -2.39. The summed E-state index contributed by atoms with van der Waals surface area (Å²) in [7, 11) is 4.38. The second kappa shape index (κ2) is 4.58. The van der Waals surface area contributed by atoms with E-state index in [1.54, 1.807) is 11.1 Å². The van der Waals surface area contributed by atoms with E-state index in [0.29, 0.717) is 5.41 Å². The van der Waals surface area contributed by atoms with E-state index < -0.39 is 0 Å². The molecule has 0 heterocycles. The van der Waals surface area contributed by atoms with Crippen molar-refractivity contribution in [3.05, 3.63) is 35.4 Å². The molecule has 1 heteroatoms. The van der Waals surface area contributed by atoms with Crippen molar-refractivity contribution in [3.63, 3.8) is 0 Å². The van der Waals surface area contributed by atoms with Gasteiger partial charge in [-0.3, -0.25) is 0 Å². The molecule has 16 heavy (non-hydrogen) atoms. The average molecular weight is 217 g/mol. The van der Waals surface area contributed by atoms with Crippen molar-refractivity contribution in [2.24, 2.45) is 5.41 Å². The Kier molecular flexibility index (Phi) is 3.34. The van der Waals surface area contributed by atoms with Gasteiger partial charge in [0.25, 0.3) is 0 Å². The molecule has 0 bridgehead atoms. The van der Waals surface area contributed by atoms with E-state index in [4.69, 9.17) is 0 Å². The fraction of sp³-hybridized carbons (Fsp3) is 0.600. The summed E-state index contributed by atoms with van der Waals surface area (Å²) in [6, 6.07) is 8.96. The number of benzene rings is 1. The Morgan fingerprint density at radius 1 is 1.19 bits per heavy atom. The van der Waals surface area contributed by atoms with Crippen molar-refractivity contribution >= 4 is 0 Å². The van der Waals surface area contributed by atoms with Crippen LogP contribution in [0.1, 0.15) is 30.9 Å². The molecular weight excluding hydrogens is 194 g/mol. The Balaban J connectivity index is 2.21. The summed E-state index contributed by atoms with van der Waals surface area (Å²) in [5.41, 5.74) is 3.67. The molecule has 1 aliphatic carbocycles. The van der Waals surface area contributed by atoms with Crippen LogP contribution in [0.25, 0.3) is 0 Å². The summed E-state index contributed by atoms with van der Waals surface area (Å²) < 4.78 is 0. The first kappa shape index (κ1) is 11.7. The topological polar surface area (TPSA) is 3.24 Å². The molecule has 0 spiro atoms. The van der Waals surface area contributed by atoms with Crippen molar-refractivity contribution in [2.75, 3.05) is 20.6 Å². The third-order valence-corrected chi connectivity index (χ3v) is 4.01. The smallest absolute Gasteiger partial charge is 0.00351 e. The second-order valence-electron chi connectivity index (χ2n) is 5.54. The quantitative estimate of drug-likeness (QED) is 0.752. The molecule has 0 fully saturated rings. The molecule has 2 rings (SSSR count). The first-order chi connectivity index (χ1) is 7.65. The van der Waals surface area contributed by atoms with Gasteiger partial charge in [-0.1, -0.05) is 31.2 Å². The molecule has 1 aromatic rings. The van der Waals surface area contributed by atoms with Gasteiger partial charge in [0.05, 0.1) is 0 Å². The van der Waals surface area contributed by atoms with Gasteiger partial charge in [-0.05, 0) is 56.3 Å². The molecule has 0 saturated heterocycles. The minimum absolute atomic E-state index is 0.512. The third-order valence-electron chi connectivity index (χ3n) is 4.01. The van der Waals surface area contributed by atoms with E-state index in [9.17, 15) is 0 Å². The van der Waals surface area contributed by atoms with Gasteiger partial charge in [0, 0.05) is 6.54 Å². The van der Waals surface area contributed by atoms with Crippen molar-refractivity contribution in [2.45, 2.75) is 32.6 Å². The highest BCUT2D eigenvalue weighted by molar-refractivity contribution is 5.31. The lowest BCUT2D eigenvalue weighted by atomic mass is 9.69. The number of rotatable bonds is 3. The highest BCUT2D eigenvalue weighted by Crippen LogP contribution is 2.38. The first-order valence-electron chi connectivity index (χ1n) is 6.37. The molecule has 0 N–H and O–H groups in total. The Labute approximate surface area is 99.5 Å².